The summed E-state index contributed by atoms with van der Waals surface area (Å²) in [4.78, 5) is 32.7. The van der Waals surface area contributed by atoms with Crippen LogP contribution in [0, 0.1) is 0 Å². The zero-order chi connectivity index (χ0) is 20.1. The van der Waals surface area contributed by atoms with Crippen molar-refractivity contribution in [2.45, 2.75) is 77.9 Å². The van der Waals surface area contributed by atoms with Gasteiger partial charge in [0, 0.05) is 19.1 Å². The molecular weight excluding hydrogens is 352 g/mol. The summed E-state index contributed by atoms with van der Waals surface area (Å²) in [5.41, 5.74) is 0.652. The molecular formula is C22H32N4O2. The highest BCUT2D eigenvalue weighted by Crippen LogP contribution is 2.25. The first-order valence-corrected chi connectivity index (χ1v) is 10.7. The fraction of sp³-hybridized carbons (Fsp3) is 0.591. The third-order valence-electron chi connectivity index (χ3n) is 5.80. The van der Waals surface area contributed by atoms with E-state index in [0.717, 1.165) is 12.8 Å². The van der Waals surface area contributed by atoms with Crippen LogP contribution >= 0.6 is 0 Å². The highest BCUT2D eigenvalue weighted by Gasteiger charge is 2.28. The van der Waals surface area contributed by atoms with E-state index in [4.69, 9.17) is 4.98 Å². The molecule has 2 amide bonds. The van der Waals surface area contributed by atoms with Crippen molar-refractivity contribution >= 4 is 16.9 Å². The second-order valence-corrected chi connectivity index (χ2v) is 7.53. The van der Waals surface area contributed by atoms with Gasteiger partial charge in [0.1, 0.15) is 5.82 Å². The number of para-hydroxylation sites is 1. The van der Waals surface area contributed by atoms with Gasteiger partial charge in [-0.3, -0.25) is 9.36 Å². The van der Waals surface area contributed by atoms with Crippen molar-refractivity contribution < 1.29 is 4.79 Å². The molecule has 1 aromatic heterocycles. The van der Waals surface area contributed by atoms with Crippen molar-refractivity contribution in [1.82, 2.24) is 19.8 Å². The predicted molar refractivity (Wildman–Crippen MR) is 112 cm³/mol. The van der Waals surface area contributed by atoms with E-state index in [0.29, 0.717) is 36.2 Å². The number of nitrogens with zero attached hydrogens (tertiary/aromatic N) is 3. The fourth-order valence-corrected chi connectivity index (χ4v) is 4.30. The van der Waals surface area contributed by atoms with E-state index >= 15 is 0 Å². The Labute approximate surface area is 166 Å². The number of amides is 2. The summed E-state index contributed by atoms with van der Waals surface area (Å²) in [6.45, 7) is 7.08. The van der Waals surface area contributed by atoms with Crippen LogP contribution in [0.1, 0.15) is 71.2 Å². The molecule has 0 aliphatic heterocycles. The van der Waals surface area contributed by atoms with Crippen molar-refractivity contribution in [2.24, 2.45) is 0 Å². The molecule has 1 heterocycles. The van der Waals surface area contributed by atoms with Crippen LogP contribution in [0.25, 0.3) is 10.9 Å². The van der Waals surface area contributed by atoms with Crippen LogP contribution in [-0.4, -0.2) is 33.1 Å². The van der Waals surface area contributed by atoms with Gasteiger partial charge < -0.3 is 10.2 Å². The lowest BCUT2D eigenvalue weighted by molar-refractivity contribution is 0.164. The second-order valence-electron chi connectivity index (χ2n) is 7.53. The Kier molecular flexibility index (Phi) is 6.70. The maximum Gasteiger partial charge on any atom is 0.318 e. The molecule has 1 aliphatic rings. The highest BCUT2D eigenvalue weighted by molar-refractivity contribution is 5.78. The molecule has 0 saturated heterocycles. The summed E-state index contributed by atoms with van der Waals surface area (Å²) in [7, 11) is 0. The highest BCUT2D eigenvalue weighted by atomic mass is 16.2. The zero-order valence-corrected chi connectivity index (χ0v) is 17.3. The number of carbonyl (C=O) groups excluding carboxylic acids is 1. The fourth-order valence-electron chi connectivity index (χ4n) is 4.30. The molecule has 1 atom stereocenters. The Morgan fingerprint density at radius 2 is 1.93 bits per heavy atom. The maximum absolute atomic E-state index is 13.1. The molecule has 1 unspecified atom stereocenters. The molecule has 0 bridgehead atoms. The number of carbonyl (C=O) groups is 1. The van der Waals surface area contributed by atoms with Crippen molar-refractivity contribution in [1.29, 1.82) is 0 Å². The van der Waals surface area contributed by atoms with Gasteiger partial charge in [0.15, 0.2) is 0 Å². The summed E-state index contributed by atoms with van der Waals surface area (Å²) >= 11 is 0. The van der Waals surface area contributed by atoms with Gasteiger partial charge in [-0.15, -0.1) is 0 Å². The SMILES string of the molecule is CCC(c1nc2ccccc2c(=O)n1CC)N(CC)C(=O)NC1CCCCC1. The normalized spacial score (nSPS) is 16.1. The molecule has 1 aliphatic carbocycles. The summed E-state index contributed by atoms with van der Waals surface area (Å²) < 4.78 is 1.72. The molecule has 28 heavy (non-hydrogen) atoms. The van der Waals surface area contributed by atoms with Crippen molar-refractivity contribution in [3.05, 3.63) is 40.4 Å². The Balaban J connectivity index is 1.96. The van der Waals surface area contributed by atoms with Crippen LogP contribution in [0.15, 0.2) is 29.1 Å². The van der Waals surface area contributed by atoms with Crippen LogP contribution in [-0.2, 0) is 6.54 Å². The molecule has 152 valence electrons. The number of aromatic nitrogens is 2. The van der Waals surface area contributed by atoms with Gasteiger partial charge in [0.25, 0.3) is 5.56 Å². The van der Waals surface area contributed by atoms with E-state index < -0.39 is 0 Å². The van der Waals surface area contributed by atoms with E-state index in [-0.39, 0.29) is 23.7 Å². The van der Waals surface area contributed by atoms with Crippen molar-refractivity contribution in [2.75, 3.05) is 6.54 Å². The third kappa shape index (κ3) is 4.05. The average molecular weight is 385 g/mol. The van der Waals surface area contributed by atoms with Crippen LogP contribution in [0.4, 0.5) is 4.79 Å². The van der Waals surface area contributed by atoms with Crippen LogP contribution in [0.5, 0.6) is 0 Å². The average Bonchev–Trinajstić information content (AvgIpc) is 2.72. The summed E-state index contributed by atoms with van der Waals surface area (Å²) in [5, 5.41) is 3.84. The van der Waals surface area contributed by atoms with Crippen molar-refractivity contribution in [3.63, 3.8) is 0 Å². The molecule has 6 heteroatoms. The van der Waals surface area contributed by atoms with Gasteiger partial charge in [0.05, 0.1) is 16.9 Å². The zero-order valence-electron chi connectivity index (χ0n) is 17.3. The van der Waals surface area contributed by atoms with E-state index in [2.05, 4.69) is 5.32 Å². The third-order valence-corrected chi connectivity index (χ3v) is 5.80. The molecule has 1 saturated carbocycles. The van der Waals surface area contributed by atoms with Gasteiger partial charge in [-0.1, -0.05) is 38.3 Å². The number of hydrogen-bond acceptors (Lipinski definition) is 3. The smallest absolute Gasteiger partial charge is 0.318 e. The van der Waals surface area contributed by atoms with Gasteiger partial charge >= 0.3 is 6.03 Å². The quantitative estimate of drug-likeness (QED) is 0.810. The molecule has 0 spiro atoms. The molecule has 0 radical (unpaired) electrons. The molecule has 3 rings (SSSR count). The molecule has 1 fully saturated rings. The predicted octanol–water partition coefficient (Wildman–Crippen LogP) is 4.23. The minimum Gasteiger partial charge on any atom is -0.335 e. The maximum atomic E-state index is 13.1. The van der Waals surface area contributed by atoms with Gasteiger partial charge in [0.2, 0.25) is 0 Å². The van der Waals surface area contributed by atoms with E-state index in [9.17, 15) is 9.59 Å². The lowest BCUT2D eigenvalue weighted by Gasteiger charge is -2.33. The molecule has 6 nitrogen and oxygen atoms in total. The summed E-state index contributed by atoms with van der Waals surface area (Å²) in [6, 6.07) is 7.41. The number of fused-ring (bicyclic) bond motifs is 1. The molecule has 1 aromatic carbocycles. The Morgan fingerprint density at radius 1 is 1.21 bits per heavy atom. The number of hydrogen-bond donors (Lipinski definition) is 1. The second kappa shape index (κ2) is 9.22. The number of nitrogens with one attached hydrogen (secondary N) is 1. The Morgan fingerprint density at radius 3 is 2.57 bits per heavy atom. The van der Waals surface area contributed by atoms with E-state index in [1.54, 1.807) is 4.57 Å². The van der Waals surface area contributed by atoms with Gasteiger partial charge in [-0.2, -0.15) is 0 Å². The Hall–Kier alpha value is -2.37. The number of urea groups is 1. The topological polar surface area (TPSA) is 67.2 Å². The number of benzene rings is 1. The summed E-state index contributed by atoms with van der Waals surface area (Å²) in [5.74, 6) is 0.675. The standard InChI is InChI=1S/C22H32N4O2/c1-4-19(25(5-2)22(28)23-16-12-8-7-9-13-16)20-24-18-15-11-10-14-17(18)21(27)26(20)6-3/h10-11,14-16,19H,4-9,12-13H2,1-3H3,(H,23,28). The first-order valence-electron chi connectivity index (χ1n) is 10.7. The lowest BCUT2D eigenvalue weighted by Crippen LogP contribution is -2.47. The monoisotopic (exact) mass is 384 g/mol. The van der Waals surface area contributed by atoms with E-state index in [1.165, 1.54) is 19.3 Å². The lowest BCUT2D eigenvalue weighted by atomic mass is 9.96. The minimum absolute atomic E-state index is 0.0368. The molecule has 1 N–H and O–H groups in total. The molecule has 2 aromatic rings. The van der Waals surface area contributed by atoms with Gasteiger partial charge in [-0.05, 0) is 45.2 Å². The van der Waals surface area contributed by atoms with Crippen molar-refractivity contribution in [3.8, 4) is 0 Å². The number of rotatable bonds is 6. The minimum atomic E-state index is -0.231. The Bertz CT molecular complexity index is 870. The van der Waals surface area contributed by atoms with Crippen LogP contribution < -0.4 is 10.9 Å². The van der Waals surface area contributed by atoms with E-state index in [1.807, 2.05) is 49.9 Å². The first-order chi connectivity index (χ1) is 13.6. The first kappa shape index (κ1) is 20.4. The van der Waals surface area contributed by atoms with Crippen LogP contribution in [0.2, 0.25) is 0 Å². The van der Waals surface area contributed by atoms with Gasteiger partial charge in [-0.25, -0.2) is 9.78 Å². The summed E-state index contributed by atoms with van der Waals surface area (Å²) in [6.07, 6.45) is 6.41. The largest absolute Gasteiger partial charge is 0.335 e. The van der Waals surface area contributed by atoms with Crippen LogP contribution in [0.3, 0.4) is 0 Å².